The third-order valence-electron chi connectivity index (χ3n) is 5.06. The van der Waals surface area contributed by atoms with E-state index in [4.69, 9.17) is 10.2 Å². The first kappa shape index (κ1) is 25.5. The minimum absolute atomic E-state index is 0.0292. The lowest BCUT2D eigenvalue weighted by Gasteiger charge is -2.39. The van der Waals surface area contributed by atoms with Crippen molar-refractivity contribution in [3.05, 3.63) is 40.2 Å². The fourth-order valence-corrected chi connectivity index (χ4v) is 4.68. The summed E-state index contributed by atoms with van der Waals surface area (Å²) in [6, 6.07) is 5.62. The molecule has 0 radical (unpaired) electrons. The molecule has 1 amide bonds. The molecule has 2 heterocycles. The molecule has 9 heteroatoms. The van der Waals surface area contributed by atoms with Gasteiger partial charge in [0.25, 0.3) is 11.9 Å². The zero-order chi connectivity index (χ0) is 23.0. The Labute approximate surface area is 195 Å². The van der Waals surface area contributed by atoms with Gasteiger partial charge in [-0.1, -0.05) is 28.1 Å². The number of amides is 1. The predicted octanol–water partition coefficient (Wildman–Crippen LogP) is 4.57. The summed E-state index contributed by atoms with van der Waals surface area (Å²) in [7, 11) is 3.65. The Morgan fingerprint density at radius 2 is 2.13 bits per heavy atom. The van der Waals surface area contributed by atoms with Crippen LogP contribution in [0.4, 0.5) is 11.7 Å². The number of hydrogen-bond donors (Lipinski definition) is 2. The Kier molecular flexibility index (Phi) is 10.2. The van der Waals surface area contributed by atoms with E-state index in [1.807, 2.05) is 25.1 Å². The molecule has 0 atom stereocenters. The summed E-state index contributed by atoms with van der Waals surface area (Å²) in [6.45, 7) is 13.7. The van der Waals surface area contributed by atoms with E-state index in [-0.39, 0.29) is 17.6 Å². The average Bonchev–Trinajstić information content (AvgIpc) is 3.16. The van der Waals surface area contributed by atoms with Crippen molar-refractivity contribution >= 4 is 47.2 Å². The molecule has 1 aliphatic rings. The molecular formula is C22H33BrN5O2P. The Morgan fingerprint density at radius 1 is 1.42 bits per heavy atom. The van der Waals surface area contributed by atoms with Crippen molar-refractivity contribution in [2.24, 2.45) is 5.92 Å². The SMILES string of the molecule is CCC(=PC)N(CC)CC1CN(C)C1.Cc1ccc(Br)c(NC(=O)c2coc(N)n2)c1. The fraction of sp³-hybridized carbons (Fsp3) is 0.500. The molecule has 1 aliphatic heterocycles. The molecule has 3 N–H and O–H groups in total. The molecular weight excluding hydrogens is 477 g/mol. The van der Waals surface area contributed by atoms with Crippen LogP contribution >= 0.6 is 24.1 Å². The molecule has 1 aromatic heterocycles. The van der Waals surface area contributed by atoms with Crippen molar-refractivity contribution in [3.8, 4) is 0 Å². The molecule has 2 aromatic rings. The van der Waals surface area contributed by atoms with Gasteiger partial charge < -0.3 is 20.4 Å². The molecule has 31 heavy (non-hydrogen) atoms. The highest BCUT2D eigenvalue weighted by Gasteiger charge is 2.25. The number of anilines is 2. The second kappa shape index (κ2) is 12.3. The van der Waals surface area contributed by atoms with E-state index in [1.54, 1.807) is 5.42 Å². The number of benzene rings is 1. The van der Waals surface area contributed by atoms with Crippen LogP contribution in [0.1, 0.15) is 36.3 Å². The largest absolute Gasteiger partial charge is 0.431 e. The average molecular weight is 510 g/mol. The number of nitrogens with two attached hydrogens (primary N) is 1. The molecule has 1 aromatic carbocycles. The molecule has 0 saturated carbocycles. The number of aryl methyl sites for hydroxylation is 1. The summed E-state index contributed by atoms with van der Waals surface area (Å²) in [6.07, 6.45) is 2.42. The Morgan fingerprint density at radius 3 is 2.65 bits per heavy atom. The van der Waals surface area contributed by atoms with Gasteiger partial charge >= 0.3 is 0 Å². The van der Waals surface area contributed by atoms with E-state index in [0.29, 0.717) is 5.69 Å². The van der Waals surface area contributed by atoms with Gasteiger partial charge in [0.1, 0.15) is 6.26 Å². The number of likely N-dealkylation sites (tertiary alicyclic amines) is 1. The van der Waals surface area contributed by atoms with Gasteiger partial charge in [0.2, 0.25) is 0 Å². The van der Waals surface area contributed by atoms with E-state index >= 15 is 0 Å². The zero-order valence-electron chi connectivity index (χ0n) is 19.0. The van der Waals surface area contributed by atoms with Crippen molar-refractivity contribution in [1.29, 1.82) is 0 Å². The minimum Gasteiger partial charge on any atom is -0.431 e. The fourth-order valence-electron chi connectivity index (χ4n) is 3.51. The number of rotatable bonds is 7. The van der Waals surface area contributed by atoms with Crippen LogP contribution in [0.3, 0.4) is 0 Å². The molecule has 1 fully saturated rings. The molecule has 170 valence electrons. The number of nitrogen functional groups attached to an aromatic ring is 1. The Hall–Kier alpha value is -1.73. The number of nitrogens with zero attached hydrogens (tertiary/aromatic N) is 3. The maximum atomic E-state index is 11.8. The molecule has 0 unspecified atom stereocenters. The molecule has 7 nitrogen and oxygen atoms in total. The normalized spacial score (nSPS) is 14.7. The lowest BCUT2D eigenvalue weighted by Crippen LogP contribution is -2.50. The molecule has 3 rings (SSSR count). The van der Waals surface area contributed by atoms with Crippen LogP contribution in [-0.4, -0.2) is 66.0 Å². The summed E-state index contributed by atoms with van der Waals surface area (Å²) in [5.41, 5.74) is 8.77. The monoisotopic (exact) mass is 509 g/mol. The van der Waals surface area contributed by atoms with Gasteiger partial charge in [0, 0.05) is 36.1 Å². The van der Waals surface area contributed by atoms with E-state index < -0.39 is 0 Å². The lowest BCUT2D eigenvalue weighted by molar-refractivity contribution is 0.102. The van der Waals surface area contributed by atoms with E-state index in [2.05, 4.69) is 63.6 Å². The van der Waals surface area contributed by atoms with Gasteiger partial charge in [0.15, 0.2) is 5.69 Å². The molecule has 1 saturated heterocycles. The zero-order valence-corrected chi connectivity index (χ0v) is 21.5. The van der Waals surface area contributed by atoms with Crippen LogP contribution in [0, 0.1) is 12.8 Å². The summed E-state index contributed by atoms with van der Waals surface area (Å²) in [4.78, 5) is 20.5. The molecule has 0 aliphatic carbocycles. The van der Waals surface area contributed by atoms with E-state index in [1.165, 1.54) is 47.1 Å². The van der Waals surface area contributed by atoms with Crippen LogP contribution in [0.25, 0.3) is 0 Å². The quantitative estimate of drug-likeness (QED) is 0.531. The van der Waals surface area contributed by atoms with Crippen LogP contribution in [-0.2, 0) is 0 Å². The van der Waals surface area contributed by atoms with Crippen molar-refractivity contribution < 1.29 is 9.21 Å². The topological polar surface area (TPSA) is 87.6 Å². The summed E-state index contributed by atoms with van der Waals surface area (Å²) < 4.78 is 5.57. The van der Waals surface area contributed by atoms with Crippen LogP contribution in [0.2, 0.25) is 0 Å². The standard InChI is InChI=1S/C11H10BrN3O2.C11H23N2P/c1-6-2-3-7(12)8(4-6)14-10(16)9-5-17-11(13)15-9;1-5-11(14-4)13(6-2)9-10-7-12(3)8-10/h2-5H,1H3,(H2,13,15)(H,14,16);10H,5-9H2,1-4H3. The van der Waals surface area contributed by atoms with Crippen molar-refractivity contribution in [1.82, 2.24) is 14.8 Å². The smallest absolute Gasteiger partial charge is 0.292 e. The summed E-state index contributed by atoms with van der Waals surface area (Å²) >= 11 is 3.35. The number of carbonyl (C=O) groups excluding carboxylic acids is 1. The molecule has 0 spiro atoms. The van der Waals surface area contributed by atoms with Gasteiger partial charge in [-0.15, -0.1) is 0 Å². The van der Waals surface area contributed by atoms with Crippen molar-refractivity contribution in [3.63, 3.8) is 0 Å². The predicted molar refractivity (Wildman–Crippen MR) is 134 cm³/mol. The Balaban J connectivity index is 0.000000225. The van der Waals surface area contributed by atoms with Crippen molar-refractivity contribution in [2.75, 3.05) is 50.9 Å². The first-order chi connectivity index (χ1) is 14.8. The lowest BCUT2D eigenvalue weighted by atomic mass is 10.0. The number of aromatic nitrogens is 1. The number of nitrogens with one attached hydrogen (secondary N) is 1. The number of hydrogen-bond acceptors (Lipinski definition) is 5. The maximum absolute atomic E-state index is 11.8. The van der Waals surface area contributed by atoms with Gasteiger partial charge in [-0.3, -0.25) is 9.69 Å². The third-order valence-corrected chi connectivity index (χ3v) is 6.87. The second-order valence-corrected chi connectivity index (χ2v) is 9.45. The van der Waals surface area contributed by atoms with Crippen LogP contribution < -0.4 is 11.1 Å². The van der Waals surface area contributed by atoms with Crippen LogP contribution in [0.15, 0.2) is 33.4 Å². The highest BCUT2D eigenvalue weighted by Crippen LogP contribution is 2.24. The summed E-state index contributed by atoms with van der Waals surface area (Å²) in [5, 5.41) is 2.72. The minimum atomic E-state index is -0.364. The summed E-state index contributed by atoms with van der Waals surface area (Å²) in [5.74, 6) is 0.542. The highest BCUT2D eigenvalue weighted by atomic mass is 79.9. The van der Waals surface area contributed by atoms with Crippen molar-refractivity contribution in [2.45, 2.75) is 27.2 Å². The molecule has 0 bridgehead atoms. The Bertz CT molecular complexity index is 896. The highest BCUT2D eigenvalue weighted by molar-refractivity contribution is 9.10. The first-order valence-corrected chi connectivity index (χ1v) is 12.6. The first-order valence-electron chi connectivity index (χ1n) is 10.4. The van der Waals surface area contributed by atoms with Gasteiger partial charge in [-0.2, -0.15) is 4.98 Å². The number of oxazole rings is 1. The van der Waals surface area contributed by atoms with Gasteiger partial charge in [-0.05, 0) is 66.6 Å². The maximum Gasteiger partial charge on any atom is 0.292 e. The number of carbonyl (C=O) groups is 1. The third kappa shape index (κ3) is 7.72. The van der Waals surface area contributed by atoms with Crippen LogP contribution in [0.5, 0.6) is 0 Å². The van der Waals surface area contributed by atoms with E-state index in [0.717, 1.165) is 16.0 Å². The van der Waals surface area contributed by atoms with E-state index in [9.17, 15) is 4.79 Å². The number of halogens is 1. The van der Waals surface area contributed by atoms with Gasteiger partial charge in [-0.25, -0.2) is 0 Å². The second-order valence-electron chi connectivity index (χ2n) is 7.63. The van der Waals surface area contributed by atoms with Gasteiger partial charge in [0.05, 0.1) is 5.69 Å².